The highest BCUT2D eigenvalue weighted by atomic mass is 16.3. The maximum atomic E-state index is 10.4. The molecule has 2 rings (SSSR count). The molecule has 0 bridgehead atoms. The highest BCUT2D eigenvalue weighted by Gasteiger charge is 2.15. The van der Waals surface area contributed by atoms with Crippen molar-refractivity contribution in [2.75, 3.05) is 0 Å². The number of aromatic nitrogens is 4. The maximum absolute atomic E-state index is 10.4. The van der Waals surface area contributed by atoms with Crippen LogP contribution in [-0.4, -0.2) is 25.1 Å². The predicted molar refractivity (Wildman–Crippen MR) is 72.8 cm³/mol. The van der Waals surface area contributed by atoms with Gasteiger partial charge in [-0.05, 0) is 32.4 Å². The smallest absolute Gasteiger partial charge is 0.0864 e. The first-order chi connectivity index (χ1) is 9.01. The van der Waals surface area contributed by atoms with Crippen molar-refractivity contribution in [3.05, 3.63) is 40.5 Å². The molecule has 5 nitrogen and oxygen atoms in total. The quantitative estimate of drug-likeness (QED) is 0.908. The van der Waals surface area contributed by atoms with Crippen LogP contribution in [0.2, 0.25) is 0 Å². The summed E-state index contributed by atoms with van der Waals surface area (Å²) in [5.74, 6) is 0. The first kappa shape index (κ1) is 13.7. The molecule has 1 N–H and O–H groups in total. The Kier molecular flexibility index (Phi) is 3.95. The molecule has 2 aromatic rings. The van der Waals surface area contributed by atoms with Gasteiger partial charge in [-0.3, -0.25) is 4.68 Å². The Balaban J connectivity index is 2.22. The summed E-state index contributed by atoms with van der Waals surface area (Å²) in [6, 6.07) is 3.93. The highest BCUT2D eigenvalue weighted by molar-refractivity contribution is 5.24. The summed E-state index contributed by atoms with van der Waals surface area (Å²) in [5.41, 5.74) is 4.50. The van der Waals surface area contributed by atoms with Crippen LogP contribution in [0.3, 0.4) is 0 Å². The van der Waals surface area contributed by atoms with Crippen LogP contribution in [-0.2, 0) is 19.9 Å². The second-order valence-corrected chi connectivity index (χ2v) is 4.85. The molecular formula is C14H20N4O. The minimum absolute atomic E-state index is 0.537. The molecule has 0 aliphatic heterocycles. The zero-order valence-electron chi connectivity index (χ0n) is 11.9. The van der Waals surface area contributed by atoms with Crippen LogP contribution >= 0.6 is 0 Å². The zero-order chi connectivity index (χ0) is 14.0. The van der Waals surface area contributed by atoms with Crippen molar-refractivity contribution >= 4 is 0 Å². The number of aliphatic hydroxyl groups excluding tert-OH is 1. The van der Waals surface area contributed by atoms with Gasteiger partial charge in [0, 0.05) is 24.7 Å². The molecule has 0 aliphatic carbocycles. The minimum Gasteiger partial charge on any atom is -0.388 e. The molecule has 0 saturated heterocycles. The molecule has 0 aliphatic rings. The summed E-state index contributed by atoms with van der Waals surface area (Å²) in [7, 11) is 1.91. The van der Waals surface area contributed by atoms with Crippen LogP contribution in [0.25, 0.3) is 0 Å². The number of hydrogen-bond acceptors (Lipinski definition) is 4. The molecule has 5 heteroatoms. The Labute approximate surface area is 113 Å². The van der Waals surface area contributed by atoms with Crippen molar-refractivity contribution in [1.29, 1.82) is 0 Å². The number of aryl methyl sites for hydroxylation is 4. The largest absolute Gasteiger partial charge is 0.388 e. The first-order valence-electron chi connectivity index (χ1n) is 6.52. The standard InChI is InChI=1S/C14H20N4O/c1-5-11-7-12(18(4)17-11)8-14(19)13-6-9(2)15-16-10(13)3/h6-7,14,19H,5,8H2,1-4H3. The lowest BCUT2D eigenvalue weighted by Crippen LogP contribution is -2.09. The van der Waals surface area contributed by atoms with Crippen LogP contribution < -0.4 is 0 Å². The van der Waals surface area contributed by atoms with Crippen molar-refractivity contribution in [3.63, 3.8) is 0 Å². The Hall–Kier alpha value is -1.75. The van der Waals surface area contributed by atoms with E-state index in [0.717, 1.165) is 34.8 Å². The third-order valence-corrected chi connectivity index (χ3v) is 3.29. The molecular weight excluding hydrogens is 240 g/mol. The molecule has 1 atom stereocenters. The number of aliphatic hydroxyl groups is 1. The third-order valence-electron chi connectivity index (χ3n) is 3.29. The summed E-state index contributed by atoms with van der Waals surface area (Å²) in [4.78, 5) is 0. The second kappa shape index (κ2) is 5.48. The predicted octanol–water partition coefficient (Wildman–Crippen LogP) is 1.67. The van der Waals surface area contributed by atoms with Crippen molar-refractivity contribution < 1.29 is 5.11 Å². The van der Waals surface area contributed by atoms with Crippen LogP contribution in [0.4, 0.5) is 0 Å². The van der Waals surface area contributed by atoms with E-state index in [1.807, 2.05) is 37.7 Å². The summed E-state index contributed by atoms with van der Waals surface area (Å²) >= 11 is 0. The average molecular weight is 260 g/mol. The van der Waals surface area contributed by atoms with Crippen LogP contribution in [0.15, 0.2) is 12.1 Å². The molecule has 0 aromatic carbocycles. The Bertz CT molecular complexity index is 577. The van der Waals surface area contributed by atoms with Gasteiger partial charge in [0.05, 0.1) is 23.2 Å². The monoisotopic (exact) mass is 260 g/mol. The van der Waals surface area contributed by atoms with Gasteiger partial charge in [-0.2, -0.15) is 15.3 Å². The SMILES string of the molecule is CCc1cc(CC(O)c2cc(C)nnc2C)n(C)n1. The molecule has 2 heterocycles. The van der Waals surface area contributed by atoms with Gasteiger partial charge >= 0.3 is 0 Å². The van der Waals surface area contributed by atoms with E-state index >= 15 is 0 Å². The van der Waals surface area contributed by atoms with E-state index in [-0.39, 0.29) is 0 Å². The van der Waals surface area contributed by atoms with Gasteiger partial charge in [0.2, 0.25) is 0 Å². The summed E-state index contributed by atoms with van der Waals surface area (Å²) < 4.78 is 1.83. The minimum atomic E-state index is -0.575. The Morgan fingerprint density at radius 1 is 1.26 bits per heavy atom. The lowest BCUT2D eigenvalue weighted by atomic mass is 10.0. The van der Waals surface area contributed by atoms with Crippen LogP contribution in [0.1, 0.15) is 41.4 Å². The van der Waals surface area contributed by atoms with E-state index in [9.17, 15) is 5.11 Å². The lowest BCUT2D eigenvalue weighted by Gasteiger charge is -2.13. The second-order valence-electron chi connectivity index (χ2n) is 4.85. The molecule has 0 fully saturated rings. The average Bonchev–Trinajstić information content (AvgIpc) is 2.73. The molecule has 0 radical (unpaired) electrons. The van der Waals surface area contributed by atoms with E-state index in [1.165, 1.54) is 0 Å². The van der Waals surface area contributed by atoms with Gasteiger partial charge in [-0.1, -0.05) is 6.92 Å². The van der Waals surface area contributed by atoms with E-state index in [2.05, 4.69) is 22.2 Å². The number of hydrogen-bond donors (Lipinski definition) is 1. The summed E-state index contributed by atoms with van der Waals surface area (Å²) in [6.45, 7) is 5.82. The van der Waals surface area contributed by atoms with Crippen molar-refractivity contribution in [3.8, 4) is 0 Å². The van der Waals surface area contributed by atoms with Gasteiger partial charge in [0.15, 0.2) is 0 Å². The number of nitrogens with zero attached hydrogens (tertiary/aromatic N) is 4. The van der Waals surface area contributed by atoms with Gasteiger partial charge < -0.3 is 5.11 Å². The van der Waals surface area contributed by atoms with Crippen molar-refractivity contribution in [1.82, 2.24) is 20.0 Å². The molecule has 19 heavy (non-hydrogen) atoms. The van der Waals surface area contributed by atoms with E-state index in [1.54, 1.807) is 0 Å². The molecule has 0 spiro atoms. The van der Waals surface area contributed by atoms with Gasteiger partial charge in [0.1, 0.15) is 0 Å². The van der Waals surface area contributed by atoms with Crippen molar-refractivity contribution in [2.45, 2.75) is 39.7 Å². The lowest BCUT2D eigenvalue weighted by molar-refractivity contribution is 0.174. The maximum Gasteiger partial charge on any atom is 0.0864 e. The fourth-order valence-corrected chi connectivity index (χ4v) is 2.15. The van der Waals surface area contributed by atoms with Gasteiger partial charge in [0.25, 0.3) is 0 Å². The van der Waals surface area contributed by atoms with E-state index < -0.39 is 6.10 Å². The molecule has 1 unspecified atom stereocenters. The van der Waals surface area contributed by atoms with Crippen LogP contribution in [0, 0.1) is 13.8 Å². The number of rotatable bonds is 4. The Morgan fingerprint density at radius 2 is 2.00 bits per heavy atom. The van der Waals surface area contributed by atoms with E-state index in [4.69, 9.17) is 0 Å². The Morgan fingerprint density at radius 3 is 2.63 bits per heavy atom. The molecule has 2 aromatic heterocycles. The highest BCUT2D eigenvalue weighted by Crippen LogP contribution is 2.21. The normalized spacial score (nSPS) is 12.7. The van der Waals surface area contributed by atoms with Gasteiger partial charge in [-0.25, -0.2) is 0 Å². The molecule has 102 valence electrons. The zero-order valence-corrected chi connectivity index (χ0v) is 11.9. The third kappa shape index (κ3) is 2.98. The van der Waals surface area contributed by atoms with Gasteiger partial charge in [-0.15, -0.1) is 0 Å². The van der Waals surface area contributed by atoms with E-state index in [0.29, 0.717) is 6.42 Å². The fourth-order valence-electron chi connectivity index (χ4n) is 2.15. The summed E-state index contributed by atoms with van der Waals surface area (Å²) in [6.07, 6.45) is 0.864. The van der Waals surface area contributed by atoms with Crippen molar-refractivity contribution in [2.24, 2.45) is 7.05 Å². The fraction of sp³-hybridized carbons (Fsp3) is 0.500. The van der Waals surface area contributed by atoms with Crippen LogP contribution in [0.5, 0.6) is 0 Å². The first-order valence-corrected chi connectivity index (χ1v) is 6.52. The summed E-state index contributed by atoms with van der Waals surface area (Å²) in [5, 5.41) is 22.8. The molecule has 0 amide bonds. The molecule has 0 saturated carbocycles. The topological polar surface area (TPSA) is 63.8 Å².